The van der Waals surface area contributed by atoms with Crippen LogP contribution < -0.4 is 0 Å². The van der Waals surface area contributed by atoms with E-state index in [4.69, 9.17) is 9.47 Å². The van der Waals surface area contributed by atoms with Gasteiger partial charge in [0.2, 0.25) is 0 Å². The molecule has 3 unspecified atom stereocenters. The van der Waals surface area contributed by atoms with Crippen LogP contribution in [0.4, 0.5) is 0 Å². The van der Waals surface area contributed by atoms with Crippen LogP contribution in [0.1, 0.15) is 26.2 Å². The van der Waals surface area contributed by atoms with Crippen LogP contribution in [-0.2, 0) is 14.3 Å². The second-order valence-corrected chi connectivity index (χ2v) is 4.91. The van der Waals surface area contributed by atoms with Gasteiger partial charge in [-0.3, -0.25) is 9.69 Å². The highest BCUT2D eigenvalue weighted by Crippen LogP contribution is 2.23. The van der Waals surface area contributed by atoms with Gasteiger partial charge in [0.1, 0.15) is 0 Å². The smallest absolute Gasteiger partial charge is 0.310 e. The molecule has 0 N–H and O–H groups in total. The van der Waals surface area contributed by atoms with Crippen molar-refractivity contribution in [2.75, 3.05) is 26.7 Å². The number of likely N-dealkylation sites (tertiary alicyclic amines) is 1. The minimum atomic E-state index is -0.0665. The van der Waals surface area contributed by atoms with E-state index in [0.717, 1.165) is 32.5 Å². The molecule has 92 valence electrons. The standard InChI is InChI=1S/C12H21NO3/c1-9-3-4-11(16-9)8-13-6-5-10(7-13)12(14)15-2/h9-11H,3-8H2,1-2H3. The summed E-state index contributed by atoms with van der Waals surface area (Å²) < 4.78 is 10.6. The molecule has 16 heavy (non-hydrogen) atoms. The molecule has 4 nitrogen and oxygen atoms in total. The highest BCUT2D eigenvalue weighted by Gasteiger charge is 2.31. The first kappa shape index (κ1) is 11.9. The number of hydrogen-bond donors (Lipinski definition) is 0. The topological polar surface area (TPSA) is 38.8 Å². The molecule has 0 radical (unpaired) electrons. The number of hydrogen-bond acceptors (Lipinski definition) is 4. The fraction of sp³-hybridized carbons (Fsp3) is 0.917. The van der Waals surface area contributed by atoms with Gasteiger partial charge in [-0.15, -0.1) is 0 Å². The quantitative estimate of drug-likeness (QED) is 0.676. The van der Waals surface area contributed by atoms with Gasteiger partial charge in [-0.25, -0.2) is 0 Å². The zero-order chi connectivity index (χ0) is 11.5. The van der Waals surface area contributed by atoms with Gasteiger partial charge >= 0.3 is 5.97 Å². The van der Waals surface area contributed by atoms with Gasteiger partial charge in [0.05, 0.1) is 25.2 Å². The summed E-state index contributed by atoms with van der Waals surface area (Å²) in [4.78, 5) is 13.7. The Morgan fingerprint density at radius 2 is 2.25 bits per heavy atom. The van der Waals surface area contributed by atoms with E-state index in [9.17, 15) is 4.79 Å². The average Bonchev–Trinajstić information content (AvgIpc) is 2.87. The van der Waals surface area contributed by atoms with Crippen LogP contribution in [-0.4, -0.2) is 49.8 Å². The largest absolute Gasteiger partial charge is 0.469 e. The molecule has 2 fully saturated rings. The van der Waals surface area contributed by atoms with Gasteiger partial charge < -0.3 is 9.47 Å². The molecule has 4 heteroatoms. The van der Waals surface area contributed by atoms with Crippen LogP contribution >= 0.6 is 0 Å². The first-order valence-corrected chi connectivity index (χ1v) is 6.14. The summed E-state index contributed by atoms with van der Waals surface area (Å²) in [6.45, 7) is 4.92. The molecule has 0 aromatic carbocycles. The predicted octanol–water partition coefficient (Wildman–Crippen LogP) is 1.05. The van der Waals surface area contributed by atoms with Gasteiger partial charge in [-0.1, -0.05) is 0 Å². The third-order valence-corrected chi connectivity index (χ3v) is 3.59. The molecule has 2 rings (SSSR count). The molecule has 2 aliphatic rings. The SMILES string of the molecule is COC(=O)C1CCN(CC2CCC(C)O2)C1. The predicted molar refractivity (Wildman–Crippen MR) is 60.1 cm³/mol. The number of rotatable bonds is 3. The van der Waals surface area contributed by atoms with Crippen molar-refractivity contribution in [3.63, 3.8) is 0 Å². The van der Waals surface area contributed by atoms with E-state index in [1.165, 1.54) is 13.5 Å². The van der Waals surface area contributed by atoms with Crippen molar-refractivity contribution >= 4 is 5.97 Å². The molecule has 0 aliphatic carbocycles. The minimum absolute atomic E-state index is 0.0665. The molecule has 2 heterocycles. The monoisotopic (exact) mass is 227 g/mol. The number of carbonyl (C=O) groups is 1. The fourth-order valence-electron chi connectivity index (χ4n) is 2.67. The summed E-state index contributed by atoms with van der Waals surface area (Å²) in [7, 11) is 1.47. The Labute approximate surface area is 96.9 Å². The fourth-order valence-corrected chi connectivity index (χ4v) is 2.67. The molecule has 3 atom stereocenters. The van der Waals surface area contributed by atoms with E-state index >= 15 is 0 Å². The van der Waals surface area contributed by atoms with Gasteiger partial charge in [-0.05, 0) is 32.7 Å². The van der Waals surface area contributed by atoms with Crippen LogP contribution in [0.5, 0.6) is 0 Å². The van der Waals surface area contributed by atoms with Crippen LogP contribution in [0, 0.1) is 5.92 Å². The molecule has 0 saturated carbocycles. The number of esters is 1. The van der Waals surface area contributed by atoms with Crippen molar-refractivity contribution in [2.24, 2.45) is 5.92 Å². The molecule has 2 saturated heterocycles. The summed E-state index contributed by atoms with van der Waals surface area (Å²) >= 11 is 0. The van der Waals surface area contributed by atoms with E-state index in [0.29, 0.717) is 12.2 Å². The maximum absolute atomic E-state index is 11.4. The highest BCUT2D eigenvalue weighted by atomic mass is 16.5. The molecule has 0 amide bonds. The van der Waals surface area contributed by atoms with Crippen LogP contribution in [0.3, 0.4) is 0 Å². The second-order valence-electron chi connectivity index (χ2n) is 4.91. The Morgan fingerprint density at radius 1 is 1.44 bits per heavy atom. The summed E-state index contributed by atoms with van der Waals surface area (Å²) in [6, 6.07) is 0. The van der Waals surface area contributed by atoms with E-state index < -0.39 is 0 Å². The van der Waals surface area contributed by atoms with Crippen LogP contribution in [0.2, 0.25) is 0 Å². The molecule has 0 aromatic heterocycles. The minimum Gasteiger partial charge on any atom is -0.469 e. The third kappa shape index (κ3) is 2.74. The highest BCUT2D eigenvalue weighted by molar-refractivity contribution is 5.72. The lowest BCUT2D eigenvalue weighted by Gasteiger charge is -2.20. The number of nitrogens with zero attached hydrogens (tertiary/aromatic N) is 1. The summed E-state index contributed by atoms with van der Waals surface area (Å²) in [5.41, 5.74) is 0. The van der Waals surface area contributed by atoms with Gasteiger partial charge in [0, 0.05) is 13.1 Å². The third-order valence-electron chi connectivity index (χ3n) is 3.59. The summed E-state index contributed by atoms with van der Waals surface area (Å²) in [5.74, 6) is 0.00651. The first-order chi connectivity index (χ1) is 7.69. The lowest BCUT2D eigenvalue weighted by atomic mass is 10.1. The van der Waals surface area contributed by atoms with Gasteiger partial charge in [0.15, 0.2) is 0 Å². The van der Waals surface area contributed by atoms with Crippen LogP contribution in [0.15, 0.2) is 0 Å². The Morgan fingerprint density at radius 3 is 2.88 bits per heavy atom. The second kappa shape index (κ2) is 5.15. The van der Waals surface area contributed by atoms with Gasteiger partial charge in [0.25, 0.3) is 0 Å². The van der Waals surface area contributed by atoms with Crippen molar-refractivity contribution in [1.82, 2.24) is 4.90 Å². The lowest BCUT2D eigenvalue weighted by Crippen LogP contribution is -2.31. The maximum atomic E-state index is 11.4. The van der Waals surface area contributed by atoms with Gasteiger partial charge in [-0.2, -0.15) is 0 Å². The average molecular weight is 227 g/mol. The summed E-state index contributed by atoms with van der Waals surface area (Å²) in [5, 5.41) is 0. The number of ether oxygens (including phenoxy) is 2. The molecule has 2 aliphatic heterocycles. The lowest BCUT2D eigenvalue weighted by molar-refractivity contribution is -0.145. The van der Waals surface area contributed by atoms with E-state index in [1.807, 2.05) is 0 Å². The van der Waals surface area contributed by atoms with Crippen molar-refractivity contribution < 1.29 is 14.3 Å². The zero-order valence-corrected chi connectivity index (χ0v) is 10.1. The van der Waals surface area contributed by atoms with Crippen molar-refractivity contribution in [3.8, 4) is 0 Å². The molecule has 0 bridgehead atoms. The van der Waals surface area contributed by atoms with Crippen molar-refractivity contribution in [3.05, 3.63) is 0 Å². The van der Waals surface area contributed by atoms with E-state index in [-0.39, 0.29) is 11.9 Å². The number of carbonyl (C=O) groups excluding carboxylic acids is 1. The Hall–Kier alpha value is -0.610. The van der Waals surface area contributed by atoms with Crippen molar-refractivity contribution in [1.29, 1.82) is 0 Å². The Bertz CT molecular complexity index is 257. The molecule has 0 spiro atoms. The Kier molecular flexibility index (Phi) is 3.82. The Balaban J connectivity index is 1.74. The normalized spacial score (nSPS) is 35.5. The molecule has 0 aromatic rings. The van der Waals surface area contributed by atoms with Crippen molar-refractivity contribution in [2.45, 2.75) is 38.4 Å². The van der Waals surface area contributed by atoms with E-state index in [1.54, 1.807) is 0 Å². The van der Waals surface area contributed by atoms with Crippen LogP contribution in [0.25, 0.3) is 0 Å². The molecular formula is C12H21NO3. The maximum Gasteiger partial charge on any atom is 0.310 e. The zero-order valence-electron chi connectivity index (χ0n) is 10.1. The summed E-state index contributed by atoms with van der Waals surface area (Å²) in [6.07, 6.45) is 4.02. The number of methoxy groups -OCH3 is 1. The van der Waals surface area contributed by atoms with E-state index in [2.05, 4.69) is 11.8 Å². The first-order valence-electron chi connectivity index (χ1n) is 6.14. The molecular weight excluding hydrogens is 206 g/mol.